The maximum absolute atomic E-state index is 13.4. The summed E-state index contributed by atoms with van der Waals surface area (Å²) in [5.41, 5.74) is 1.44. The van der Waals surface area contributed by atoms with Crippen molar-refractivity contribution in [3.63, 3.8) is 0 Å². The molecule has 1 saturated heterocycles. The van der Waals surface area contributed by atoms with Crippen LogP contribution in [0.15, 0.2) is 42.5 Å². The summed E-state index contributed by atoms with van der Waals surface area (Å²) in [6, 6.07) is 12.0. The molecule has 2 aromatic carbocycles. The molecular weight excluding hydrogens is 495 g/mol. The Morgan fingerprint density at radius 2 is 1.76 bits per heavy atom. The summed E-state index contributed by atoms with van der Waals surface area (Å²) in [6.07, 6.45) is 1.35. The van der Waals surface area contributed by atoms with E-state index in [9.17, 15) is 9.59 Å². The fraction of sp³-hybridized carbons (Fsp3) is 0.440. The highest BCUT2D eigenvalue weighted by atomic mass is 35.5. The number of carbonyl (C=O) groups is 2. The van der Waals surface area contributed by atoms with Crippen molar-refractivity contribution in [1.82, 2.24) is 20.9 Å². The quantitative estimate of drug-likeness (QED) is 0.450. The minimum atomic E-state index is -0.360. The van der Waals surface area contributed by atoms with Crippen LogP contribution in [0.4, 0.5) is 0 Å². The predicted molar refractivity (Wildman–Crippen MR) is 139 cm³/mol. The van der Waals surface area contributed by atoms with Gasteiger partial charge in [-0.3, -0.25) is 9.59 Å². The fourth-order valence-electron chi connectivity index (χ4n) is 3.96. The van der Waals surface area contributed by atoms with Gasteiger partial charge in [-0.1, -0.05) is 48.7 Å². The van der Waals surface area contributed by atoms with Crippen LogP contribution >= 0.6 is 34.8 Å². The zero-order valence-electron chi connectivity index (χ0n) is 19.4. The van der Waals surface area contributed by atoms with Crippen LogP contribution in [0.3, 0.4) is 0 Å². The van der Waals surface area contributed by atoms with Crippen LogP contribution in [0.2, 0.25) is 15.1 Å². The fourth-order valence-corrected chi connectivity index (χ4v) is 4.66. The lowest BCUT2D eigenvalue weighted by Crippen LogP contribution is -2.49. The van der Waals surface area contributed by atoms with E-state index in [1.807, 2.05) is 17.0 Å². The summed E-state index contributed by atoms with van der Waals surface area (Å²) in [7, 11) is 0. The number of hydrogen-bond acceptors (Lipinski definition) is 4. The number of halogens is 3. The van der Waals surface area contributed by atoms with E-state index in [1.54, 1.807) is 30.3 Å². The third kappa shape index (κ3) is 8.14. The van der Waals surface area contributed by atoms with Crippen LogP contribution in [0.5, 0.6) is 0 Å². The summed E-state index contributed by atoms with van der Waals surface area (Å²) in [4.78, 5) is 27.8. The Morgan fingerprint density at radius 1 is 1.09 bits per heavy atom. The maximum Gasteiger partial charge on any atom is 0.251 e. The lowest BCUT2D eigenvalue weighted by atomic mass is 10.1. The first-order valence-electron chi connectivity index (χ1n) is 11.5. The highest BCUT2D eigenvalue weighted by Gasteiger charge is 2.31. The molecule has 1 heterocycles. The molecule has 2 amide bonds. The van der Waals surface area contributed by atoms with Crippen LogP contribution in [0, 0.1) is 0 Å². The van der Waals surface area contributed by atoms with Crippen molar-refractivity contribution in [2.24, 2.45) is 0 Å². The number of hydrogen-bond donors (Lipinski definition) is 3. The molecule has 2 aromatic rings. The van der Waals surface area contributed by atoms with E-state index in [0.717, 1.165) is 5.56 Å². The molecule has 0 radical (unpaired) electrons. The second-order valence-corrected chi connectivity index (χ2v) is 10.2. The Morgan fingerprint density at radius 3 is 2.41 bits per heavy atom. The van der Waals surface area contributed by atoms with Crippen LogP contribution in [0.1, 0.15) is 42.6 Å². The summed E-state index contributed by atoms with van der Waals surface area (Å²) < 4.78 is 0. The standard InChI is InChI=1S/C25H31Cl3N4O2/c1-16(2)29-9-7-23-25(34)32(15-17-11-20(27)13-21(28)12-17)10-8-22(31-23)14-30-24(33)18-3-5-19(26)6-4-18/h3-6,11-13,16,22-23,29,31H,7-10,14-15H2,1-2H3,(H,30,33)/t22-,23-/m0/s1. The molecule has 0 aliphatic carbocycles. The van der Waals surface area contributed by atoms with Crippen molar-refractivity contribution in [3.8, 4) is 0 Å². The van der Waals surface area contributed by atoms with E-state index in [1.165, 1.54) is 0 Å². The second-order valence-electron chi connectivity index (χ2n) is 8.86. The highest BCUT2D eigenvalue weighted by molar-refractivity contribution is 6.34. The van der Waals surface area contributed by atoms with Gasteiger partial charge in [0.25, 0.3) is 5.91 Å². The van der Waals surface area contributed by atoms with E-state index in [2.05, 4.69) is 29.8 Å². The zero-order chi connectivity index (χ0) is 24.7. The Labute approximate surface area is 216 Å². The van der Waals surface area contributed by atoms with E-state index in [4.69, 9.17) is 34.8 Å². The van der Waals surface area contributed by atoms with E-state index in [0.29, 0.717) is 65.7 Å². The minimum absolute atomic E-state index is 0.0354. The molecule has 1 fully saturated rings. The minimum Gasteiger partial charge on any atom is -0.350 e. The summed E-state index contributed by atoms with van der Waals surface area (Å²) in [6.45, 7) is 6.27. The molecule has 1 aliphatic heterocycles. The molecular formula is C25H31Cl3N4O2. The van der Waals surface area contributed by atoms with Gasteiger partial charge in [0, 0.05) is 52.3 Å². The average molecular weight is 526 g/mol. The van der Waals surface area contributed by atoms with Gasteiger partial charge in [0.15, 0.2) is 0 Å². The number of nitrogens with one attached hydrogen (secondary N) is 3. The maximum atomic E-state index is 13.4. The highest BCUT2D eigenvalue weighted by Crippen LogP contribution is 2.21. The predicted octanol–water partition coefficient (Wildman–Crippen LogP) is 4.52. The molecule has 184 valence electrons. The average Bonchev–Trinajstić information content (AvgIpc) is 2.91. The smallest absolute Gasteiger partial charge is 0.251 e. The van der Waals surface area contributed by atoms with E-state index in [-0.39, 0.29) is 23.9 Å². The van der Waals surface area contributed by atoms with Crippen LogP contribution in [-0.4, -0.2) is 54.5 Å². The van der Waals surface area contributed by atoms with Gasteiger partial charge in [0.1, 0.15) is 0 Å². The SMILES string of the molecule is CC(C)NCC[C@@H]1N[C@H](CNC(=O)c2ccc(Cl)cc2)CCN(Cc2cc(Cl)cc(Cl)c2)C1=O. The molecule has 0 unspecified atom stereocenters. The first-order valence-corrected chi connectivity index (χ1v) is 12.6. The van der Waals surface area contributed by atoms with Gasteiger partial charge in [-0.15, -0.1) is 0 Å². The molecule has 1 aliphatic rings. The van der Waals surface area contributed by atoms with Crippen LogP contribution < -0.4 is 16.0 Å². The van der Waals surface area contributed by atoms with Gasteiger partial charge < -0.3 is 20.9 Å². The first kappa shape index (κ1) is 26.8. The number of nitrogens with zero attached hydrogens (tertiary/aromatic N) is 1. The molecule has 3 rings (SSSR count). The van der Waals surface area contributed by atoms with Gasteiger partial charge in [-0.05, 0) is 67.4 Å². The van der Waals surface area contributed by atoms with Gasteiger partial charge in [0.05, 0.1) is 6.04 Å². The Kier molecular flexibility index (Phi) is 10.0. The summed E-state index contributed by atoms with van der Waals surface area (Å²) in [5, 5.41) is 11.5. The lowest BCUT2D eigenvalue weighted by Gasteiger charge is -2.25. The normalized spacial score (nSPS) is 18.8. The van der Waals surface area contributed by atoms with Crippen molar-refractivity contribution in [2.45, 2.75) is 51.4 Å². The third-order valence-electron chi connectivity index (χ3n) is 5.69. The van der Waals surface area contributed by atoms with E-state index < -0.39 is 0 Å². The number of amides is 2. The third-order valence-corrected chi connectivity index (χ3v) is 6.38. The Hall–Kier alpha value is -1.83. The van der Waals surface area contributed by atoms with Crippen molar-refractivity contribution >= 4 is 46.6 Å². The lowest BCUT2D eigenvalue weighted by molar-refractivity contribution is -0.133. The topological polar surface area (TPSA) is 73.5 Å². The largest absolute Gasteiger partial charge is 0.350 e. The number of rotatable bonds is 9. The number of carbonyl (C=O) groups excluding carboxylic acids is 2. The molecule has 0 aromatic heterocycles. The Bertz CT molecular complexity index is 964. The zero-order valence-corrected chi connectivity index (χ0v) is 21.7. The number of benzene rings is 2. The van der Waals surface area contributed by atoms with Crippen LogP contribution in [0.25, 0.3) is 0 Å². The molecule has 9 heteroatoms. The van der Waals surface area contributed by atoms with Gasteiger partial charge in [-0.2, -0.15) is 0 Å². The van der Waals surface area contributed by atoms with Crippen LogP contribution in [-0.2, 0) is 11.3 Å². The summed E-state index contributed by atoms with van der Waals surface area (Å²) in [5.74, 6) is -0.134. The second kappa shape index (κ2) is 12.8. The molecule has 0 spiro atoms. The van der Waals surface area contributed by atoms with E-state index >= 15 is 0 Å². The van der Waals surface area contributed by atoms with Gasteiger partial charge in [0.2, 0.25) is 5.91 Å². The molecule has 3 N–H and O–H groups in total. The molecule has 2 atom stereocenters. The van der Waals surface area contributed by atoms with Crippen molar-refractivity contribution in [1.29, 1.82) is 0 Å². The molecule has 0 saturated carbocycles. The van der Waals surface area contributed by atoms with Crippen molar-refractivity contribution in [3.05, 3.63) is 68.7 Å². The first-order chi connectivity index (χ1) is 16.2. The Balaban J connectivity index is 1.68. The monoisotopic (exact) mass is 524 g/mol. The molecule has 34 heavy (non-hydrogen) atoms. The van der Waals surface area contributed by atoms with Gasteiger partial charge in [-0.25, -0.2) is 0 Å². The van der Waals surface area contributed by atoms with Crippen molar-refractivity contribution in [2.75, 3.05) is 19.6 Å². The van der Waals surface area contributed by atoms with Gasteiger partial charge >= 0.3 is 0 Å². The molecule has 6 nitrogen and oxygen atoms in total. The van der Waals surface area contributed by atoms with Crippen molar-refractivity contribution < 1.29 is 9.59 Å². The summed E-state index contributed by atoms with van der Waals surface area (Å²) >= 11 is 18.2. The molecule has 0 bridgehead atoms.